The third-order valence-electron chi connectivity index (χ3n) is 2.80. The van der Waals surface area contributed by atoms with E-state index in [1.807, 2.05) is 0 Å². The van der Waals surface area contributed by atoms with Crippen molar-refractivity contribution in [1.82, 2.24) is 9.97 Å². The number of imidazole rings is 1. The normalized spacial score (nSPS) is 10.8. The second-order valence-electron chi connectivity index (χ2n) is 4.05. The molecule has 96 valence electrons. The number of aromatic amines is 1. The molecule has 0 saturated carbocycles. The molecule has 1 aromatic heterocycles. The number of nitro benzene ring substituents is 1. The van der Waals surface area contributed by atoms with Crippen molar-refractivity contribution in [3.63, 3.8) is 0 Å². The maximum Gasteiger partial charge on any atom is 0.269 e. The van der Waals surface area contributed by atoms with Gasteiger partial charge < -0.3 is 4.98 Å². The minimum absolute atomic E-state index is 0. The molecule has 2 aromatic carbocycles. The lowest BCUT2D eigenvalue weighted by atomic mass is 10.2. The summed E-state index contributed by atoms with van der Waals surface area (Å²) in [6.07, 6.45) is 0. The summed E-state index contributed by atoms with van der Waals surface area (Å²) in [5, 5.41) is 10.6. The van der Waals surface area contributed by atoms with Gasteiger partial charge in [-0.15, -0.1) is 0 Å². The van der Waals surface area contributed by atoms with Crippen LogP contribution in [0.4, 0.5) is 10.1 Å². The van der Waals surface area contributed by atoms with Crippen LogP contribution < -0.4 is 0 Å². The molecule has 0 atom stereocenters. The average Bonchev–Trinajstić information content (AvgIpc) is 2.81. The Labute approximate surface area is 108 Å². The van der Waals surface area contributed by atoms with E-state index in [-0.39, 0.29) is 12.9 Å². The van der Waals surface area contributed by atoms with Gasteiger partial charge in [0.2, 0.25) is 0 Å². The van der Waals surface area contributed by atoms with Crippen LogP contribution in [0.1, 0.15) is 1.43 Å². The van der Waals surface area contributed by atoms with Crippen molar-refractivity contribution in [2.24, 2.45) is 0 Å². The van der Waals surface area contributed by atoms with Crippen LogP contribution in [-0.2, 0) is 0 Å². The Kier molecular flexibility index (Phi) is 2.49. The van der Waals surface area contributed by atoms with Crippen LogP contribution in [0.15, 0.2) is 42.5 Å². The number of halogens is 1. The zero-order valence-corrected chi connectivity index (χ0v) is 9.63. The molecule has 0 spiro atoms. The van der Waals surface area contributed by atoms with Gasteiger partial charge >= 0.3 is 0 Å². The molecular formula is C13H10FN3O2. The summed E-state index contributed by atoms with van der Waals surface area (Å²) in [4.78, 5) is 17.4. The monoisotopic (exact) mass is 259 g/mol. The molecule has 19 heavy (non-hydrogen) atoms. The number of H-pyrrole nitrogens is 1. The van der Waals surface area contributed by atoms with E-state index in [4.69, 9.17) is 0 Å². The second kappa shape index (κ2) is 4.16. The number of nitrogens with zero attached hydrogens (tertiary/aromatic N) is 2. The van der Waals surface area contributed by atoms with E-state index >= 15 is 0 Å². The lowest BCUT2D eigenvalue weighted by Gasteiger charge is -1.95. The van der Waals surface area contributed by atoms with Crippen molar-refractivity contribution in [1.29, 1.82) is 0 Å². The van der Waals surface area contributed by atoms with Crippen molar-refractivity contribution in [2.45, 2.75) is 0 Å². The van der Waals surface area contributed by atoms with Gasteiger partial charge in [0.25, 0.3) is 5.69 Å². The average molecular weight is 259 g/mol. The number of benzene rings is 2. The van der Waals surface area contributed by atoms with Crippen LogP contribution in [-0.4, -0.2) is 14.9 Å². The molecule has 1 heterocycles. The van der Waals surface area contributed by atoms with E-state index in [0.717, 1.165) is 0 Å². The summed E-state index contributed by atoms with van der Waals surface area (Å²) in [5.74, 6) is 0.210. The Balaban J connectivity index is 0.00000147. The number of hydrogen-bond donors (Lipinski definition) is 1. The Morgan fingerprint density at radius 3 is 2.63 bits per heavy atom. The topological polar surface area (TPSA) is 71.8 Å². The number of aromatic nitrogens is 2. The lowest BCUT2D eigenvalue weighted by Crippen LogP contribution is -1.87. The fourth-order valence-electron chi connectivity index (χ4n) is 1.86. The Bertz CT molecular complexity index is 771. The van der Waals surface area contributed by atoms with Crippen LogP contribution in [0.5, 0.6) is 0 Å². The van der Waals surface area contributed by atoms with Gasteiger partial charge in [0, 0.05) is 19.1 Å². The van der Waals surface area contributed by atoms with Crippen molar-refractivity contribution in [2.75, 3.05) is 0 Å². The van der Waals surface area contributed by atoms with E-state index in [1.165, 1.54) is 24.3 Å². The Morgan fingerprint density at radius 1 is 1.21 bits per heavy atom. The fourth-order valence-corrected chi connectivity index (χ4v) is 1.86. The smallest absolute Gasteiger partial charge is 0.269 e. The number of hydrogen-bond acceptors (Lipinski definition) is 3. The van der Waals surface area contributed by atoms with E-state index in [2.05, 4.69) is 9.97 Å². The van der Waals surface area contributed by atoms with E-state index < -0.39 is 4.92 Å². The van der Waals surface area contributed by atoms with E-state index in [0.29, 0.717) is 22.4 Å². The predicted molar refractivity (Wildman–Crippen MR) is 70.3 cm³/mol. The fraction of sp³-hybridized carbons (Fsp3) is 0. The molecule has 5 nitrogen and oxygen atoms in total. The summed E-state index contributed by atoms with van der Waals surface area (Å²) < 4.78 is 13.1. The van der Waals surface area contributed by atoms with Crippen molar-refractivity contribution in [3.05, 3.63) is 58.4 Å². The molecule has 6 heteroatoms. The van der Waals surface area contributed by atoms with E-state index in [1.54, 1.807) is 18.2 Å². The first-order chi connectivity index (χ1) is 9.13. The Hall–Kier alpha value is -2.76. The lowest BCUT2D eigenvalue weighted by molar-refractivity contribution is -0.384. The predicted octanol–water partition coefficient (Wildman–Crippen LogP) is 3.52. The molecule has 0 fully saturated rings. The number of nitro groups is 1. The molecule has 3 rings (SSSR count). The molecule has 3 aromatic rings. The minimum Gasteiger partial charge on any atom is -0.338 e. The first-order valence-electron chi connectivity index (χ1n) is 5.53. The quantitative estimate of drug-likeness (QED) is 0.565. The van der Waals surface area contributed by atoms with Crippen molar-refractivity contribution in [3.8, 4) is 11.4 Å². The molecular weight excluding hydrogens is 249 g/mol. The third kappa shape index (κ3) is 2.03. The summed E-state index contributed by atoms with van der Waals surface area (Å²) in [6, 6.07) is 10.3. The SMILES string of the molecule is O=[N+]([O-])c1ccc(-c2nc3ccc(F)cc3[nH]2)cc1.[HH]. The van der Waals surface area contributed by atoms with Crippen LogP contribution in [0.3, 0.4) is 0 Å². The molecule has 0 unspecified atom stereocenters. The van der Waals surface area contributed by atoms with Gasteiger partial charge in [-0.1, -0.05) is 0 Å². The molecule has 1 N–H and O–H groups in total. The molecule has 0 aliphatic heterocycles. The van der Waals surface area contributed by atoms with Crippen LogP contribution >= 0.6 is 0 Å². The summed E-state index contributed by atoms with van der Waals surface area (Å²) in [6.45, 7) is 0. The summed E-state index contributed by atoms with van der Waals surface area (Å²) >= 11 is 0. The minimum atomic E-state index is -0.461. The highest BCUT2D eigenvalue weighted by Crippen LogP contribution is 2.23. The van der Waals surface area contributed by atoms with Gasteiger partial charge in [0.15, 0.2) is 0 Å². The van der Waals surface area contributed by atoms with Crippen LogP contribution in [0, 0.1) is 15.9 Å². The number of non-ortho nitro benzene ring substituents is 1. The molecule has 0 radical (unpaired) electrons. The molecule has 0 aliphatic carbocycles. The van der Waals surface area contributed by atoms with Crippen molar-refractivity contribution < 1.29 is 10.7 Å². The molecule has 0 bridgehead atoms. The highest BCUT2D eigenvalue weighted by Gasteiger charge is 2.08. The number of nitrogens with one attached hydrogen (secondary N) is 1. The zero-order valence-electron chi connectivity index (χ0n) is 9.63. The second-order valence-corrected chi connectivity index (χ2v) is 4.05. The van der Waals surface area contributed by atoms with Gasteiger partial charge in [-0.25, -0.2) is 9.37 Å². The number of fused-ring (bicyclic) bond motifs is 1. The van der Waals surface area contributed by atoms with Crippen LogP contribution in [0.25, 0.3) is 22.4 Å². The van der Waals surface area contributed by atoms with Crippen molar-refractivity contribution >= 4 is 16.7 Å². The third-order valence-corrected chi connectivity index (χ3v) is 2.80. The summed E-state index contributed by atoms with van der Waals surface area (Å²) in [7, 11) is 0. The van der Waals surface area contributed by atoms with Gasteiger partial charge in [-0.3, -0.25) is 10.1 Å². The highest BCUT2D eigenvalue weighted by atomic mass is 19.1. The van der Waals surface area contributed by atoms with Gasteiger partial charge in [0.05, 0.1) is 16.0 Å². The molecule has 0 saturated heterocycles. The maximum absolute atomic E-state index is 13.1. The summed E-state index contributed by atoms with van der Waals surface area (Å²) in [5.41, 5.74) is 1.97. The number of rotatable bonds is 2. The van der Waals surface area contributed by atoms with Gasteiger partial charge in [-0.05, 0) is 30.3 Å². The first-order valence-corrected chi connectivity index (χ1v) is 5.53. The van der Waals surface area contributed by atoms with E-state index in [9.17, 15) is 14.5 Å². The first kappa shape index (κ1) is 11.3. The molecule has 0 aliphatic rings. The Morgan fingerprint density at radius 2 is 1.95 bits per heavy atom. The highest BCUT2D eigenvalue weighted by molar-refractivity contribution is 5.79. The largest absolute Gasteiger partial charge is 0.338 e. The maximum atomic E-state index is 13.1. The zero-order chi connectivity index (χ0) is 13.4. The van der Waals surface area contributed by atoms with Gasteiger partial charge in [0.1, 0.15) is 11.6 Å². The molecule has 0 amide bonds. The standard InChI is InChI=1S/C13H8FN3O2.H2/c14-9-3-6-11-12(7-9)16-13(15-11)8-1-4-10(5-2-8)17(18)19;/h1-7H,(H,15,16);1H. The van der Waals surface area contributed by atoms with Gasteiger partial charge in [-0.2, -0.15) is 0 Å². The van der Waals surface area contributed by atoms with Crippen LogP contribution in [0.2, 0.25) is 0 Å².